The number of fused-ring (bicyclic) bond motifs is 1. The third-order valence-electron chi connectivity index (χ3n) is 6.51. The van der Waals surface area contributed by atoms with Gasteiger partial charge in [-0.2, -0.15) is 5.10 Å². The predicted molar refractivity (Wildman–Crippen MR) is 136 cm³/mol. The highest BCUT2D eigenvalue weighted by molar-refractivity contribution is 6.31. The Morgan fingerprint density at radius 1 is 1.11 bits per heavy atom. The molecule has 0 saturated heterocycles. The maximum absolute atomic E-state index is 13.4. The highest BCUT2D eigenvalue weighted by Crippen LogP contribution is 2.34. The summed E-state index contributed by atoms with van der Waals surface area (Å²) in [7, 11) is 1.60. The SMILES string of the molecule is COc1ccccc1-c1cc(C(=O)NC2(OC=O)CCCCC2)nn1-c1ccnc2cc(Cl)ccc12. The van der Waals surface area contributed by atoms with Crippen LogP contribution in [-0.2, 0) is 9.53 Å². The second kappa shape index (κ2) is 9.99. The first-order valence-corrected chi connectivity index (χ1v) is 12.1. The molecular formula is C27H25ClN4O4. The molecule has 0 unspecified atom stereocenters. The zero-order valence-corrected chi connectivity index (χ0v) is 20.5. The van der Waals surface area contributed by atoms with E-state index < -0.39 is 11.6 Å². The summed E-state index contributed by atoms with van der Waals surface area (Å²) in [6.07, 6.45) is 5.56. The first kappa shape index (κ1) is 23.8. The Balaban J connectivity index is 1.64. The van der Waals surface area contributed by atoms with Crippen LogP contribution >= 0.6 is 11.6 Å². The molecule has 0 radical (unpaired) electrons. The lowest BCUT2D eigenvalue weighted by atomic mass is 9.91. The highest BCUT2D eigenvalue weighted by Gasteiger charge is 2.36. The number of halogens is 1. The molecule has 1 aliphatic carbocycles. The number of amides is 1. The number of benzene rings is 2. The molecule has 0 atom stereocenters. The Labute approximate surface area is 213 Å². The van der Waals surface area contributed by atoms with Gasteiger partial charge in [-0.25, -0.2) is 4.68 Å². The number of aromatic nitrogens is 3. The van der Waals surface area contributed by atoms with Gasteiger partial charge in [-0.15, -0.1) is 0 Å². The molecule has 4 aromatic rings. The number of methoxy groups -OCH3 is 1. The normalized spacial score (nSPS) is 14.8. The van der Waals surface area contributed by atoms with Gasteiger partial charge in [0.2, 0.25) is 0 Å². The first-order valence-electron chi connectivity index (χ1n) is 11.8. The number of hydrogen-bond acceptors (Lipinski definition) is 6. The summed E-state index contributed by atoms with van der Waals surface area (Å²) in [6.45, 7) is 0.401. The van der Waals surface area contributed by atoms with Crippen LogP contribution in [0.5, 0.6) is 5.75 Å². The maximum atomic E-state index is 13.4. The number of hydrogen-bond donors (Lipinski definition) is 1. The van der Waals surface area contributed by atoms with E-state index in [9.17, 15) is 9.59 Å². The van der Waals surface area contributed by atoms with Crippen molar-refractivity contribution in [1.82, 2.24) is 20.1 Å². The van der Waals surface area contributed by atoms with Crippen molar-refractivity contribution in [1.29, 1.82) is 0 Å². The molecule has 0 aliphatic heterocycles. The fourth-order valence-corrected chi connectivity index (χ4v) is 4.94. The molecule has 5 rings (SSSR count). The number of rotatable bonds is 7. The molecule has 2 aromatic heterocycles. The Kier molecular flexibility index (Phi) is 6.61. The van der Waals surface area contributed by atoms with Crippen molar-refractivity contribution >= 4 is 34.9 Å². The van der Waals surface area contributed by atoms with E-state index in [-0.39, 0.29) is 5.69 Å². The molecule has 2 heterocycles. The largest absolute Gasteiger partial charge is 0.496 e. The fourth-order valence-electron chi connectivity index (χ4n) is 4.77. The van der Waals surface area contributed by atoms with Crippen molar-refractivity contribution in [3.8, 4) is 22.7 Å². The van der Waals surface area contributed by atoms with Gasteiger partial charge < -0.3 is 14.8 Å². The van der Waals surface area contributed by atoms with E-state index in [4.69, 9.17) is 26.2 Å². The summed E-state index contributed by atoms with van der Waals surface area (Å²) in [5, 5.41) is 9.04. The van der Waals surface area contributed by atoms with Gasteiger partial charge in [0.25, 0.3) is 12.4 Å². The average Bonchev–Trinajstić information content (AvgIpc) is 3.34. The average molecular weight is 505 g/mol. The van der Waals surface area contributed by atoms with Gasteiger partial charge in [0, 0.05) is 35.0 Å². The zero-order chi connectivity index (χ0) is 25.1. The molecule has 1 fully saturated rings. The molecule has 9 heteroatoms. The fraction of sp³-hybridized carbons (Fsp3) is 0.259. The van der Waals surface area contributed by atoms with Crippen LogP contribution in [-0.4, -0.2) is 40.0 Å². The van der Waals surface area contributed by atoms with Gasteiger partial charge in [0.1, 0.15) is 5.75 Å². The summed E-state index contributed by atoms with van der Waals surface area (Å²) >= 11 is 6.19. The van der Waals surface area contributed by atoms with Crippen molar-refractivity contribution in [2.75, 3.05) is 7.11 Å². The predicted octanol–water partition coefficient (Wildman–Crippen LogP) is 5.31. The number of para-hydroxylation sites is 1. The molecule has 36 heavy (non-hydrogen) atoms. The van der Waals surface area contributed by atoms with E-state index in [1.165, 1.54) is 0 Å². The maximum Gasteiger partial charge on any atom is 0.295 e. The van der Waals surface area contributed by atoms with Crippen LogP contribution in [0, 0.1) is 0 Å². The van der Waals surface area contributed by atoms with Gasteiger partial charge in [-0.1, -0.05) is 30.2 Å². The van der Waals surface area contributed by atoms with Crippen LogP contribution in [0.2, 0.25) is 5.02 Å². The Bertz CT molecular complexity index is 1430. The molecule has 0 spiro atoms. The summed E-state index contributed by atoms with van der Waals surface area (Å²) in [4.78, 5) is 29.1. The van der Waals surface area contributed by atoms with Crippen LogP contribution in [0.25, 0.3) is 27.8 Å². The van der Waals surface area contributed by atoms with Gasteiger partial charge in [0.15, 0.2) is 11.4 Å². The zero-order valence-electron chi connectivity index (χ0n) is 19.7. The molecule has 1 aliphatic rings. The minimum atomic E-state index is -1.02. The second-order valence-electron chi connectivity index (χ2n) is 8.74. The number of ether oxygens (including phenoxy) is 2. The number of nitrogens with one attached hydrogen (secondary N) is 1. The standard InChI is InChI=1S/C27H25ClN4O4/c1-35-25-8-4-3-7-20(25)24-16-22(26(34)30-27(36-17-33)12-5-2-6-13-27)31-32(24)23-11-14-29-21-15-18(28)9-10-19(21)23/h3-4,7-11,14-17H,2,5-6,12-13H2,1H3,(H,30,34). The third kappa shape index (κ3) is 4.52. The Hall–Kier alpha value is -3.91. The number of carbonyl (C=O) groups is 2. The van der Waals surface area contributed by atoms with Crippen LogP contribution in [0.3, 0.4) is 0 Å². The van der Waals surface area contributed by atoms with E-state index in [0.717, 1.165) is 35.9 Å². The summed E-state index contributed by atoms with van der Waals surface area (Å²) < 4.78 is 12.7. The molecular weight excluding hydrogens is 480 g/mol. The lowest BCUT2D eigenvalue weighted by Crippen LogP contribution is -2.51. The van der Waals surface area contributed by atoms with Crippen LogP contribution in [0.1, 0.15) is 42.6 Å². The van der Waals surface area contributed by atoms with Crippen LogP contribution in [0.4, 0.5) is 0 Å². The molecule has 184 valence electrons. The molecule has 1 amide bonds. The van der Waals surface area contributed by atoms with E-state index in [1.54, 1.807) is 36.2 Å². The monoisotopic (exact) mass is 504 g/mol. The topological polar surface area (TPSA) is 95.3 Å². The van der Waals surface area contributed by atoms with Crippen molar-refractivity contribution in [3.63, 3.8) is 0 Å². The van der Waals surface area contributed by atoms with Crippen molar-refractivity contribution in [3.05, 3.63) is 71.5 Å². The number of pyridine rings is 1. The third-order valence-corrected chi connectivity index (χ3v) is 6.75. The van der Waals surface area contributed by atoms with E-state index >= 15 is 0 Å². The van der Waals surface area contributed by atoms with Gasteiger partial charge in [-0.3, -0.25) is 14.6 Å². The molecule has 2 aromatic carbocycles. The van der Waals surface area contributed by atoms with Gasteiger partial charge in [-0.05, 0) is 55.3 Å². The number of carbonyl (C=O) groups excluding carboxylic acids is 2. The lowest BCUT2D eigenvalue weighted by Gasteiger charge is -2.35. The summed E-state index contributed by atoms with van der Waals surface area (Å²) in [5.41, 5.74) is 2.03. The Morgan fingerprint density at radius 3 is 2.69 bits per heavy atom. The minimum absolute atomic E-state index is 0.189. The smallest absolute Gasteiger partial charge is 0.295 e. The van der Waals surface area contributed by atoms with Crippen LogP contribution in [0.15, 0.2) is 60.8 Å². The quantitative estimate of drug-likeness (QED) is 0.270. The highest BCUT2D eigenvalue weighted by atomic mass is 35.5. The lowest BCUT2D eigenvalue weighted by molar-refractivity contribution is -0.149. The second-order valence-corrected chi connectivity index (χ2v) is 9.18. The first-order chi connectivity index (χ1) is 17.5. The van der Waals surface area contributed by atoms with Crippen LogP contribution < -0.4 is 10.1 Å². The van der Waals surface area contributed by atoms with Gasteiger partial charge in [0.05, 0.1) is 24.0 Å². The van der Waals surface area contributed by atoms with E-state index in [0.29, 0.717) is 41.3 Å². The molecule has 8 nitrogen and oxygen atoms in total. The van der Waals surface area contributed by atoms with Gasteiger partial charge >= 0.3 is 0 Å². The molecule has 0 bridgehead atoms. The minimum Gasteiger partial charge on any atom is -0.496 e. The summed E-state index contributed by atoms with van der Waals surface area (Å²) in [6, 6.07) is 16.5. The van der Waals surface area contributed by atoms with Crippen molar-refractivity contribution < 1.29 is 19.1 Å². The molecule has 1 saturated carbocycles. The van der Waals surface area contributed by atoms with Crippen molar-refractivity contribution in [2.45, 2.75) is 37.8 Å². The summed E-state index contributed by atoms with van der Waals surface area (Å²) in [5.74, 6) is 0.218. The number of nitrogens with zero attached hydrogens (tertiary/aromatic N) is 3. The van der Waals surface area contributed by atoms with Crippen molar-refractivity contribution in [2.24, 2.45) is 0 Å². The van der Waals surface area contributed by atoms with E-state index in [2.05, 4.69) is 10.3 Å². The van der Waals surface area contributed by atoms with E-state index in [1.807, 2.05) is 36.4 Å². The molecule has 1 N–H and O–H groups in total. The Morgan fingerprint density at radius 2 is 1.92 bits per heavy atom.